The number of carbonyl (C=O) groups is 1. The zero-order valence-electron chi connectivity index (χ0n) is 10.2. The molecule has 4 heteroatoms. The minimum absolute atomic E-state index is 0.0353. The van der Waals surface area contributed by atoms with Crippen LogP contribution in [0, 0.1) is 11.2 Å². The molecule has 1 unspecified atom stereocenters. The maximum Gasteiger partial charge on any atom is 0.233 e. The van der Waals surface area contributed by atoms with E-state index in [-0.39, 0.29) is 17.1 Å². The van der Waals surface area contributed by atoms with E-state index in [9.17, 15) is 9.18 Å². The minimum Gasteiger partial charge on any atom is -0.316 e. The highest BCUT2D eigenvalue weighted by Gasteiger charge is 2.38. The Morgan fingerprint density at radius 3 is 2.88 bits per heavy atom. The molecule has 1 fully saturated rings. The fourth-order valence-electron chi connectivity index (χ4n) is 2.21. The van der Waals surface area contributed by atoms with Crippen molar-refractivity contribution >= 4 is 11.6 Å². The molecule has 1 aliphatic rings. The zero-order valence-corrected chi connectivity index (χ0v) is 10.2. The Hall–Kier alpha value is -1.42. The molecule has 17 heavy (non-hydrogen) atoms. The van der Waals surface area contributed by atoms with Gasteiger partial charge in [-0.3, -0.25) is 4.79 Å². The number of halogens is 1. The molecule has 1 N–H and O–H groups in total. The fraction of sp³-hybridized carbons (Fsp3) is 0.462. The van der Waals surface area contributed by atoms with Gasteiger partial charge in [0, 0.05) is 19.3 Å². The lowest BCUT2D eigenvalue weighted by Crippen LogP contribution is -2.41. The first-order valence-electron chi connectivity index (χ1n) is 5.77. The predicted molar refractivity (Wildman–Crippen MR) is 65.4 cm³/mol. The van der Waals surface area contributed by atoms with Crippen LogP contribution in [-0.4, -0.2) is 26.0 Å². The number of anilines is 1. The lowest BCUT2D eigenvalue weighted by molar-refractivity contribution is -0.126. The summed E-state index contributed by atoms with van der Waals surface area (Å²) in [6, 6.07) is 6.11. The summed E-state index contributed by atoms with van der Waals surface area (Å²) in [5.74, 6) is -0.287. The summed E-state index contributed by atoms with van der Waals surface area (Å²) < 4.78 is 13.1. The number of rotatable bonds is 2. The highest BCUT2D eigenvalue weighted by atomic mass is 19.1. The largest absolute Gasteiger partial charge is 0.316 e. The quantitative estimate of drug-likeness (QED) is 0.849. The Labute approximate surface area is 101 Å². The Bertz CT molecular complexity index is 427. The Kier molecular flexibility index (Phi) is 3.15. The van der Waals surface area contributed by atoms with Crippen LogP contribution < -0.4 is 10.2 Å². The first kappa shape index (κ1) is 12.0. The molecule has 1 aromatic rings. The first-order chi connectivity index (χ1) is 8.03. The number of nitrogens with zero attached hydrogens (tertiary/aromatic N) is 1. The first-order valence-corrected chi connectivity index (χ1v) is 5.77. The number of amides is 1. The molecule has 0 spiro atoms. The van der Waals surface area contributed by atoms with Crippen LogP contribution >= 0.6 is 0 Å². The number of hydrogen-bond donors (Lipinski definition) is 1. The van der Waals surface area contributed by atoms with Crippen LogP contribution in [0.3, 0.4) is 0 Å². The molecular formula is C13H17FN2O. The van der Waals surface area contributed by atoms with E-state index in [0.717, 1.165) is 13.0 Å². The van der Waals surface area contributed by atoms with Crippen molar-refractivity contribution in [2.45, 2.75) is 13.3 Å². The molecule has 1 heterocycles. The van der Waals surface area contributed by atoms with Crippen LogP contribution in [0.25, 0.3) is 0 Å². The van der Waals surface area contributed by atoms with Gasteiger partial charge in [0.25, 0.3) is 0 Å². The average Bonchev–Trinajstić information content (AvgIpc) is 2.75. The van der Waals surface area contributed by atoms with E-state index in [2.05, 4.69) is 5.32 Å². The van der Waals surface area contributed by atoms with Gasteiger partial charge in [0.1, 0.15) is 5.82 Å². The van der Waals surface area contributed by atoms with Crippen LogP contribution in [-0.2, 0) is 4.79 Å². The Balaban J connectivity index is 2.20. The van der Waals surface area contributed by atoms with Crippen molar-refractivity contribution in [2.24, 2.45) is 5.41 Å². The fourth-order valence-corrected chi connectivity index (χ4v) is 2.21. The highest BCUT2D eigenvalue weighted by molar-refractivity contribution is 5.97. The molecule has 1 aliphatic heterocycles. The number of hydrogen-bond acceptors (Lipinski definition) is 2. The summed E-state index contributed by atoms with van der Waals surface area (Å²) in [6.07, 6.45) is 0.825. The van der Waals surface area contributed by atoms with Crippen molar-refractivity contribution in [2.75, 3.05) is 25.0 Å². The molecule has 0 aromatic heterocycles. The standard InChI is InChI=1S/C13H17FN2O/c1-13(6-7-15-9-13)12(17)16(2)11-5-3-4-10(14)8-11/h3-5,8,15H,6-7,9H2,1-2H3. The second kappa shape index (κ2) is 4.45. The van der Waals surface area contributed by atoms with Crippen molar-refractivity contribution in [1.29, 1.82) is 0 Å². The summed E-state index contributed by atoms with van der Waals surface area (Å²) in [5.41, 5.74) is 0.226. The maximum absolute atomic E-state index is 13.1. The molecule has 3 nitrogen and oxygen atoms in total. The van der Waals surface area contributed by atoms with Crippen LogP contribution in [0.15, 0.2) is 24.3 Å². The molecule has 1 amide bonds. The highest BCUT2D eigenvalue weighted by Crippen LogP contribution is 2.29. The zero-order chi connectivity index (χ0) is 12.5. The van der Waals surface area contributed by atoms with E-state index in [4.69, 9.17) is 0 Å². The third-order valence-electron chi connectivity index (χ3n) is 3.39. The molecule has 0 bridgehead atoms. The monoisotopic (exact) mass is 236 g/mol. The number of carbonyl (C=O) groups excluding carboxylic acids is 1. The summed E-state index contributed by atoms with van der Waals surface area (Å²) in [4.78, 5) is 13.9. The van der Waals surface area contributed by atoms with Crippen molar-refractivity contribution in [3.8, 4) is 0 Å². The molecule has 0 aliphatic carbocycles. The lowest BCUT2D eigenvalue weighted by atomic mass is 9.88. The van der Waals surface area contributed by atoms with Gasteiger partial charge in [0.2, 0.25) is 5.91 Å². The normalized spacial score (nSPS) is 23.7. The lowest BCUT2D eigenvalue weighted by Gasteiger charge is -2.28. The van der Waals surface area contributed by atoms with Crippen molar-refractivity contribution in [3.63, 3.8) is 0 Å². The molecule has 0 saturated carbocycles. The third kappa shape index (κ3) is 2.31. The summed E-state index contributed by atoms with van der Waals surface area (Å²) >= 11 is 0. The summed E-state index contributed by atoms with van der Waals surface area (Å²) in [5, 5.41) is 3.19. The summed E-state index contributed by atoms with van der Waals surface area (Å²) in [6.45, 7) is 3.50. The second-order valence-electron chi connectivity index (χ2n) is 4.83. The van der Waals surface area contributed by atoms with Gasteiger partial charge in [-0.1, -0.05) is 6.07 Å². The van der Waals surface area contributed by atoms with Crippen LogP contribution in [0.2, 0.25) is 0 Å². The van der Waals surface area contributed by atoms with Crippen LogP contribution in [0.1, 0.15) is 13.3 Å². The molecular weight excluding hydrogens is 219 g/mol. The molecule has 2 rings (SSSR count). The molecule has 1 saturated heterocycles. The second-order valence-corrected chi connectivity index (χ2v) is 4.83. The van der Waals surface area contributed by atoms with E-state index in [1.165, 1.54) is 17.0 Å². The molecule has 1 aromatic carbocycles. The summed E-state index contributed by atoms with van der Waals surface area (Å²) in [7, 11) is 1.70. The van der Waals surface area contributed by atoms with E-state index >= 15 is 0 Å². The van der Waals surface area contributed by atoms with E-state index < -0.39 is 0 Å². The average molecular weight is 236 g/mol. The molecule has 92 valence electrons. The van der Waals surface area contributed by atoms with Gasteiger partial charge in [0.15, 0.2) is 0 Å². The van der Waals surface area contributed by atoms with Gasteiger partial charge in [-0.2, -0.15) is 0 Å². The Morgan fingerprint density at radius 1 is 1.53 bits per heavy atom. The van der Waals surface area contributed by atoms with Gasteiger partial charge < -0.3 is 10.2 Å². The minimum atomic E-state index is -0.374. The SMILES string of the molecule is CN(C(=O)C1(C)CCNC1)c1cccc(F)c1. The van der Waals surface area contributed by atoms with Crippen molar-refractivity contribution < 1.29 is 9.18 Å². The van der Waals surface area contributed by atoms with E-state index in [1.54, 1.807) is 19.2 Å². The predicted octanol–water partition coefficient (Wildman–Crippen LogP) is 1.79. The topological polar surface area (TPSA) is 32.3 Å². The third-order valence-corrected chi connectivity index (χ3v) is 3.39. The molecule has 1 atom stereocenters. The van der Waals surface area contributed by atoms with Crippen LogP contribution in [0.4, 0.5) is 10.1 Å². The Morgan fingerprint density at radius 2 is 2.29 bits per heavy atom. The van der Waals surface area contributed by atoms with E-state index in [0.29, 0.717) is 12.2 Å². The maximum atomic E-state index is 13.1. The number of benzene rings is 1. The van der Waals surface area contributed by atoms with Gasteiger partial charge in [-0.25, -0.2) is 4.39 Å². The van der Waals surface area contributed by atoms with Gasteiger partial charge in [-0.05, 0) is 38.1 Å². The number of nitrogens with one attached hydrogen (secondary N) is 1. The van der Waals surface area contributed by atoms with Crippen LogP contribution in [0.5, 0.6) is 0 Å². The smallest absolute Gasteiger partial charge is 0.233 e. The van der Waals surface area contributed by atoms with Crippen molar-refractivity contribution in [1.82, 2.24) is 5.32 Å². The van der Waals surface area contributed by atoms with Gasteiger partial charge in [0.05, 0.1) is 5.41 Å². The van der Waals surface area contributed by atoms with Crippen molar-refractivity contribution in [3.05, 3.63) is 30.1 Å². The van der Waals surface area contributed by atoms with Gasteiger partial charge in [-0.15, -0.1) is 0 Å². The molecule has 0 radical (unpaired) electrons. The van der Waals surface area contributed by atoms with E-state index in [1.807, 2.05) is 6.92 Å². The van der Waals surface area contributed by atoms with Gasteiger partial charge >= 0.3 is 0 Å².